The molecule has 1 aromatic heterocycles. The minimum absolute atomic E-state index is 0.217. The molecule has 0 atom stereocenters. The molecular formula is C17H15N3O2. The number of ether oxygens (including phenoxy) is 1. The van der Waals surface area contributed by atoms with Crippen molar-refractivity contribution in [3.05, 3.63) is 70.1 Å². The second-order valence-corrected chi connectivity index (χ2v) is 4.80. The highest BCUT2D eigenvalue weighted by molar-refractivity contribution is 5.81. The number of nitrogens with two attached hydrogens (primary N) is 1. The van der Waals surface area contributed by atoms with Gasteiger partial charge in [0.15, 0.2) is 5.69 Å². The molecule has 3 rings (SSSR count). The molecule has 22 heavy (non-hydrogen) atoms. The number of aromatic amines is 1. The zero-order valence-corrected chi connectivity index (χ0v) is 12.0. The Morgan fingerprint density at radius 1 is 1.18 bits per heavy atom. The zero-order chi connectivity index (χ0) is 15.5. The smallest absolute Gasteiger partial charge is 0.276 e. The molecule has 0 unspecified atom stereocenters. The molecule has 3 aromatic rings. The molecule has 0 aliphatic carbocycles. The van der Waals surface area contributed by atoms with Gasteiger partial charge in [-0.3, -0.25) is 4.79 Å². The van der Waals surface area contributed by atoms with Crippen molar-refractivity contribution in [1.82, 2.24) is 9.97 Å². The average molecular weight is 293 g/mol. The Hall–Kier alpha value is -3.08. The van der Waals surface area contributed by atoms with Gasteiger partial charge in [-0.25, -0.2) is 4.98 Å². The van der Waals surface area contributed by atoms with Crippen LogP contribution in [0.1, 0.15) is 11.3 Å². The molecule has 0 saturated heterocycles. The van der Waals surface area contributed by atoms with Crippen molar-refractivity contribution in [2.75, 3.05) is 7.11 Å². The highest BCUT2D eigenvalue weighted by Gasteiger charge is 2.07. The number of rotatable bonds is 3. The summed E-state index contributed by atoms with van der Waals surface area (Å²) in [6.45, 7) is 0. The number of benzene rings is 2. The first kappa shape index (κ1) is 13.9. The molecule has 0 spiro atoms. The Labute approximate surface area is 127 Å². The fourth-order valence-electron chi connectivity index (χ4n) is 2.17. The Balaban J connectivity index is 2.03. The van der Waals surface area contributed by atoms with E-state index in [1.807, 2.05) is 42.5 Å². The van der Waals surface area contributed by atoms with Crippen molar-refractivity contribution >= 4 is 22.8 Å². The van der Waals surface area contributed by atoms with Crippen LogP contribution in [0.2, 0.25) is 0 Å². The number of hydrogen-bond donors (Lipinski definition) is 2. The molecular weight excluding hydrogens is 278 g/mol. The predicted octanol–water partition coefficient (Wildman–Crippen LogP) is 2.39. The zero-order valence-electron chi connectivity index (χ0n) is 12.0. The number of methoxy groups -OCH3 is 1. The van der Waals surface area contributed by atoms with Crippen molar-refractivity contribution in [2.45, 2.75) is 0 Å². The molecule has 0 bridgehead atoms. The van der Waals surface area contributed by atoms with Crippen LogP contribution >= 0.6 is 0 Å². The third kappa shape index (κ3) is 2.69. The molecule has 2 aromatic carbocycles. The maximum atomic E-state index is 12.1. The largest absolute Gasteiger partial charge is 0.497 e. The van der Waals surface area contributed by atoms with Crippen LogP contribution in [0, 0.1) is 0 Å². The van der Waals surface area contributed by atoms with E-state index in [2.05, 4.69) is 9.97 Å². The quantitative estimate of drug-likeness (QED) is 0.777. The first-order valence-electron chi connectivity index (χ1n) is 6.78. The molecule has 0 amide bonds. The SMILES string of the molecule is COc1ccc(/C=C(\N)c2nc3ccccc3[nH]c2=O)cc1. The van der Waals surface area contributed by atoms with Crippen molar-refractivity contribution in [2.24, 2.45) is 5.73 Å². The van der Waals surface area contributed by atoms with Crippen LogP contribution in [0.4, 0.5) is 0 Å². The van der Waals surface area contributed by atoms with E-state index < -0.39 is 0 Å². The summed E-state index contributed by atoms with van der Waals surface area (Å²) in [7, 11) is 1.61. The Morgan fingerprint density at radius 3 is 2.64 bits per heavy atom. The second-order valence-electron chi connectivity index (χ2n) is 4.80. The van der Waals surface area contributed by atoms with E-state index in [0.717, 1.165) is 11.3 Å². The molecule has 3 N–H and O–H groups in total. The van der Waals surface area contributed by atoms with Gasteiger partial charge in [-0.15, -0.1) is 0 Å². The highest BCUT2D eigenvalue weighted by atomic mass is 16.5. The maximum Gasteiger partial charge on any atom is 0.276 e. The van der Waals surface area contributed by atoms with Crippen molar-refractivity contribution < 1.29 is 4.74 Å². The number of H-pyrrole nitrogens is 1. The molecule has 0 radical (unpaired) electrons. The number of hydrogen-bond acceptors (Lipinski definition) is 4. The standard InChI is InChI=1S/C17H15N3O2/c1-22-12-8-6-11(7-9-12)10-13(18)16-17(21)20-15-5-3-2-4-14(15)19-16/h2-10H,18H2,1H3,(H,20,21)/b13-10-. The molecule has 0 aliphatic heterocycles. The van der Waals surface area contributed by atoms with Crippen molar-refractivity contribution in [3.8, 4) is 5.75 Å². The molecule has 5 heteroatoms. The van der Waals surface area contributed by atoms with Gasteiger partial charge in [0.2, 0.25) is 0 Å². The summed E-state index contributed by atoms with van der Waals surface area (Å²) in [5.41, 5.74) is 8.52. The Morgan fingerprint density at radius 2 is 1.91 bits per heavy atom. The predicted molar refractivity (Wildman–Crippen MR) is 87.4 cm³/mol. The lowest BCUT2D eigenvalue weighted by molar-refractivity contribution is 0.415. The monoisotopic (exact) mass is 293 g/mol. The number of aromatic nitrogens is 2. The summed E-state index contributed by atoms with van der Waals surface area (Å²) in [4.78, 5) is 19.2. The maximum absolute atomic E-state index is 12.1. The summed E-state index contributed by atoms with van der Waals surface area (Å²) in [6, 6.07) is 14.7. The van der Waals surface area contributed by atoms with Gasteiger partial charge in [-0.1, -0.05) is 24.3 Å². The summed E-state index contributed by atoms with van der Waals surface area (Å²) in [5, 5.41) is 0. The van der Waals surface area contributed by atoms with Gasteiger partial charge in [-0.2, -0.15) is 0 Å². The molecule has 0 aliphatic rings. The third-order valence-corrected chi connectivity index (χ3v) is 3.31. The summed E-state index contributed by atoms with van der Waals surface area (Å²) in [6.07, 6.45) is 1.71. The number of nitrogens with one attached hydrogen (secondary N) is 1. The first-order chi connectivity index (χ1) is 10.7. The Bertz CT molecular complexity index is 896. The van der Waals surface area contributed by atoms with Crippen LogP contribution in [0.3, 0.4) is 0 Å². The van der Waals surface area contributed by atoms with E-state index in [9.17, 15) is 4.79 Å². The Kier molecular flexibility index (Phi) is 3.62. The fourth-order valence-corrected chi connectivity index (χ4v) is 2.17. The summed E-state index contributed by atoms with van der Waals surface area (Å²) < 4.78 is 5.11. The number of nitrogens with zero attached hydrogens (tertiary/aromatic N) is 1. The fraction of sp³-hybridized carbons (Fsp3) is 0.0588. The molecule has 0 saturated carbocycles. The van der Waals surface area contributed by atoms with E-state index in [1.165, 1.54) is 0 Å². The lowest BCUT2D eigenvalue weighted by Crippen LogP contribution is -2.17. The van der Waals surface area contributed by atoms with E-state index in [1.54, 1.807) is 19.3 Å². The van der Waals surface area contributed by atoms with E-state index >= 15 is 0 Å². The number of fused-ring (bicyclic) bond motifs is 1. The topological polar surface area (TPSA) is 81.0 Å². The van der Waals surface area contributed by atoms with Gasteiger partial charge < -0.3 is 15.5 Å². The van der Waals surface area contributed by atoms with Crippen LogP contribution in [0.25, 0.3) is 22.8 Å². The van der Waals surface area contributed by atoms with Crippen LogP contribution < -0.4 is 16.0 Å². The van der Waals surface area contributed by atoms with Crippen molar-refractivity contribution in [1.29, 1.82) is 0 Å². The van der Waals surface area contributed by atoms with Gasteiger partial charge in [0.1, 0.15) is 5.75 Å². The van der Waals surface area contributed by atoms with Crippen LogP contribution in [-0.4, -0.2) is 17.1 Å². The summed E-state index contributed by atoms with van der Waals surface area (Å²) >= 11 is 0. The minimum atomic E-state index is -0.305. The average Bonchev–Trinajstić information content (AvgIpc) is 2.54. The normalized spacial score (nSPS) is 11.6. The van der Waals surface area contributed by atoms with E-state index in [-0.39, 0.29) is 11.3 Å². The minimum Gasteiger partial charge on any atom is -0.497 e. The van der Waals surface area contributed by atoms with Gasteiger partial charge in [0.05, 0.1) is 23.8 Å². The van der Waals surface area contributed by atoms with Gasteiger partial charge in [0, 0.05) is 0 Å². The van der Waals surface area contributed by atoms with Crippen LogP contribution in [-0.2, 0) is 0 Å². The van der Waals surface area contributed by atoms with Crippen molar-refractivity contribution in [3.63, 3.8) is 0 Å². The number of para-hydroxylation sites is 2. The highest BCUT2D eigenvalue weighted by Crippen LogP contribution is 2.15. The van der Waals surface area contributed by atoms with Crippen LogP contribution in [0.15, 0.2) is 53.3 Å². The van der Waals surface area contributed by atoms with Gasteiger partial charge >= 0.3 is 0 Å². The molecule has 110 valence electrons. The molecule has 1 heterocycles. The van der Waals surface area contributed by atoms with E-state index in [0.29, 0.717) is 16.7 Å². The third-order valence-electron chi connectivity index (χ3n) is 3.31. The van der Waals surface area contributed by atoms with Crippen LogP contribution in [0.5, 0.6) is 5.75 Å². The molecule has 5 nitrogen and oxygen atoms in total. The first-order valence-corrected chi connectivity index (χ1v) is 6.78. The van der Waals surface area contributed by atoms with Gasteiger partial charge in [0.25, 0.3) is 5.56 Å². The lowest BCUT2D eigenvalue weighted by Gasteiger charge is -2.04. The molecule has 0 fully saturated rings. The lowest BCUT2D eigenvalue weighted by atomic mass is 10.1. The summed E-state index contributed by atoms with van der Waals surface area (Å²) in [5.74, 6) is 0.761. The van der Waals surface area contributed by atoms with Gasteiger partial charge in [-0.05, 0) is 35.9 Å². The second kappa shape index (κ2) is 5.73. The van der Waals surface area contributed by atoms with E-state index in [4.69, 9.17) is 10.5 Å².